The number of nitrogens with zero attached hydrogens (tertiary/aromatic N) is 3. The van der Waals surface area contributed by atoms with Gasteiger partial charge in [-0.2, -0.15) is 0 Å². The third kappa shape index (κ3) is 6.43. The molecule has 152 valence electrons. The Balaban J connectivity index is 1.61. The van der Waals surface area contributed by atoms with Crippen molar-refractivity contribution in [2.75, 3.05) is 22.4 Å². The highest BCUT2D eigenvalue weighted by Crippen LogP contribution is 2.28. The molecule has 0 spiro atoms. The number of carbonyl (C=O) groups excluding carboxylic acids is 1. The molecule has 1 heterocycles. The minimum atomic E-state index is -3.66. The number of sulfonamides is 1. The van der Waals surface area contributed by atoms with Crippen LogP contribution in [0.2, 0.25) is 5.02 Å². The molecule has 0 atom stereocenters. The lowest BCUT2D eigenvalue weighted by Gasteiger charge is -2.21. The van der Waals surface area contributed by atoms with Gasteiger partial charge in [0.25, 0.3) is 0 Å². The number of amides is 1. The number of nitrogens with one attached hydrogen (secondary N) is 1. The summed E-state index contributed by atoms with van der Waals surface area (Å²) in [5.74, 6) is 0.225. The van der Waals surface area contributed by atoms with Gasteiger partial charge in [0, 0.05) is 10.8 Å². The van der Waals surface area contributed by atoms with E-state index in [9.17, 15) is 13.2 Å². The first-order valence-corrected chi connectivity index (χ1v) is 12.4. The molecule has 0 aliphatic heterocycles. The zero-order valence-corrected chi connectivity index (χ0v) is 18.5. The van der Waals surface area contributed by atoms with Crippen molar-refractivity contribution in [3.8, 4) is 0 Å². The monoisotopic (exact) mass is 468 g/mol. The Morgan fingerprint density at radius 3 is 2.48 bits per heavy atom. The van der Waals surface area contributed by atoms with E-state index in [1.54, 1.807) is 24.3 Å². The highest BCUT2D eigenvalue weighted by atomic mass is 35.5. The number of halogens is 1. The maximum Gasteiger partial charge on any atom is 0.246 e. The Bertz CT molecular complexity index is 1070. The second-order valence-electron chi connectivity index (χ2n) is 5.94. The maximum absolute atomic E-state index is 12.4. The first-order valence-electron chi connectivity index (χ1n) is 8.34. The normalized spacial score (nSPS) is 11.2. The van der Waals surface area contributed by atoms with E-state index in [4.69, 9.17) is 11.6 Å². The molecule has 0 fully saturated rings. The average molecular weight is 469 g/mol. The molecule has 0 aliphatic carbocycles. The molecule has 3 rings (SSSR count). The van der Waals surface area contributed by atoms with Crippen molar-refractivity contribution >= 4 is 61.4 Å². The fraction of sp³-hybridized carbons (Fsp3) is 0.167. The second kappa shape index (κ2) is 9.57. The summed E-state index contributed by atoms with van der Waals surface area (Å²) >= 11 is 8.60. The van der Waals surface area contributed by atoms with Gasteiger partial charge in [-0.1, -0.05) is 65.0 Å². The molecule has 7 nitrogen and oxygen atoms in total. The summed E-state index contributed by atoms with van der Waals surface area (Å²) < 4.78 is 25.9. The molecule has 0 saturated carbocycles. The van der Waals surface area contributed by atoms with Crippen LogP contribution >= 0.6 is 34.7 Å². The highest BCUT2D eigenvalue weighted by molar-refractivity contribution is 8.00. The minimum Gasteiger partial charge on any atom is -0.299 e. The highest BCUT2D eigenvalue weighted by Gasteiger charge is 2.21. The third-order valence-corrected chi connectivity index (χ3v) is 7.10. The third-order valence-electron chi connectivity index (χ3n) is 3.66. The predicted octanol–water partition coefficient (Wildman–Crippen LogP) is 3.89. The molecule has 3 aromatic rings. The van der Waals surface area contributed by atoms with Crippen LogP contribution in [0.15, 0.2) is 58.9 Å². The van der Waals surface area contributed by atoms with Gasteiger partial charge in [0.2, 0.25) is 21.1 Å². The molecule has 29 heavy (non-hydrogen) atoms. The minimum absolute atomic E-state index is 0.315. The van der Waals surface area contributed by atoms with Gasteiger partial charge in [0.05, 0.1) is 11.9 Å². The molecule has 1 aromatic heterocycles. The van der Waals surface area contributed by atoms with Crippen molar-refractivity contribution in [1.82, 2.24) is 10.2 Å². The summed E-state index contributed by atoms with van der Waals surface area (Å²) in [6.07, 6.45) is 1.04. The van der Waals surface area contributed by atoms with Gasteiger partial charge in [0.15, 0.2) is 4.34 Å². The summed E-state index contributed by atoms with van der Waals surface area (Å²) in [5, 5.41) is 11.4. The van der Waals surface area contributed by atoms with Gasteiger partial charge in [0.1, 0.15) is 6.54 Å². The van der Waals surface area contributed by atoms with Crippen molar-refractivity contribution in [3.05, 3.63) is 65.2 Å². The molecule has 0 bridgehead atoms. The first-order chi connectivity index (χ1) is 13.8. The molecule has 0 radical (unpaired) electrons. The van der Waals surface area contributed by atoms with Crippen LogP contribution in [0.1, 0.15) is 5.56 Å². The summed E-state index contributed by atoms with van der Waals surface area (Å²) in [6, 6.07) is 16.1. The van der Waals surface area contributed by atoms with Crippen LogP contribution in [-0.4, -0.2) is 37.3 Å². The van der Waals surface area contributed by atoms with E-state index in [0.29, 0.717) is 20.2 Å². The van der Waals surface area contributed by atoms with Crippen molar-refractivity contribution in [2.24, 2.45) is 0 Å². The van der Waals surface area contributed by atoms with Crippen LogP contribution < -0.4 is 9.62 Å². The second-order valence-corrected chi connectivity index (χ2v) is 10.5. The van der Waals surface area contributed by atoms with E-state index in [0.717, 1.165) is 21.9 Å². The Labute approximate surface area is 182 Å². The van der Waals surface area contributed by atoms with Crippen LogP contribution in [0.4, 0.5) is 10.8 Å². The van der Waals surface area contributed by atoms with E-state index >= 15 is 0 Å². The number of hydrogen-bond donors (Lipinski definition) is 1. The first kappa shape index (κ1) is 21.6. The number of aromatic nitrogens is 2. The Kier molecular flexibility index (Phi) is 7.12. The number of anilines is 2. The van der Waals surface area contributed by atoms with Gasteiger partial charge in [-0.15, -0.1) is 10.2 Å². The topological polar surface area (TPSA) is 92.3 Å². The quantitative estimate of drug-likeness (QED) is 0.398. The van der Waals surface area contributed by atoms with Crippen molar-refractivity contribution in [3.63, 3.8) is 0 Å². The average Bonchev–Trinajstić information content (AvgIpc) is 3.12. The van der Waals surface area contributed by atoms with Crippen LogP contribution in [0, 0.1) is 0 Å². The number of rotatable bonds is 8. The molecule has 1 N–H and O–H groups in total. The molecule has 0 saturated heterocycles. The molecular formula is C18H17ClN4O3S3. The van der Waals surface area contributed by atoms with Crippen molar-refractivity contribution in [1.29, 1.82) is 0 Å². The number of benzene rings is 2. The van der Waals surface area contributed by atoms with E-state index in [2.05, 4.69) is 15.5 Å². The summed E-state index contributed by atoms with van der Waals surface area (Å²) in [5.41, 5.74) is 1.51. The summed E-state index contributed by atoms with van der Waals surface area (Å²) in [7, 11) is -3.66. The zero-order chi connectivity index (χ0) is 20.9. The Morgan fingerprint density at radius 1 is 1.14 bits per heavy atom. The lowest BCUT2D eigenvalue weighted by Crippen LogP contribution is -2.37. The van der Waals surface area contributed by atoms with E-state index < -0.39 is 15.9 Å². The van der Waals surface area contributed by atoms with Gasteiger partial charge < -0.3 is 0 Å². The Morgan fingerprint density at radius 2 is 1.83 bits per heavy atom. The van der Waals surface area contributed by atoms with Gasteiger partial charge in [-0.3, -0.25) is 14.4 Å². The van der Waals surface area contributed by atoms with E-state index in [1.165, 1.54) is 23.1 Å². The fourth-order valence-corrected chi connectivity index (χ4v) is 5.04. The van der Waals surface area contributed by atoms with Crippen molar-refractivity contribution in [2.45, 2.75) is 10.1 Å². The van der Waals surface area contributed by atoms with Crippen LogP contribution in [0.5, 0.6) is 0 Å². The summed E-state index contributed by atoms with van der Waals surface area (Å²) in [6.45, 7) is -0.382. The molecule has 2 aromatic carbocycles. The molecule has 0 aliphatic rings. The molecule has 0 unspecified atom stereocenters. The van der Waals surface area contributed by atoms with Crippen molar-refractivity contribution < 1.29 is 13.2 Å². The van der Waals surface area contributed by atoms with Gasteiger partial charge in [-0.25, -0.2) is 8.42 Å². The van der Waals surface area contributed by atoms with Crippen LogP contribution in [0.25, 0.3) is 0 Å². The van der Waals surface area contributed by atoms with Gasteiger partial charge >= 0.3 is 0 Å². The molecule has 11 heteroatoms. The van der Waals surface area contributed by atoms with Crippen LogP contribution in [-0.2, 0) is 20.6 Å². The number of thioether (sulfide) groups is 1. The van der Waals surface area contributed by atoms with E-state index in [-0.39, 0.29) is 6.54 Å². The number of hydrogen-bond acceptors (Lipinski definition) is 7. The predicted molar refractivity (Wildman–Crippen MR) is 118 cm³/mol. The lowest BCUT2D eigenvalue weighted by molar-refractivity contribution is -0.114. The SMILES string of the molecule is CS(=O)(=O)N(CC(=O)Nc1nnc(SCc2ccccc2)s1)c1ccc(Cl)cc1. The number of carbonyl (C=O) groups is 1. The smallest absolute Gasteiger partial charge is 0.246 e. The standard InChI is InChI=1S/C18H17ClN4O3S3/c1-29(25,26)23(15-9-7-14(19)8-10-15)11-16(24)20-17-21-22-18(28-17)27-12-13-5-3-2-4-6-13/h2-10H,11-12H2,1H3,(H,20,21,24). The van der Waals surface area contributed by atoms with E-state index in [1.807, 2.05) is 30.3 Å². The molecule has 1 amide bonds. The van der Waals surface area contributed by atoms with Crippen LogP contribution in [0.3, 0.4) is 0 Å². The fourth-order valence-electron chi connectivity index (χ4n) is 2.33. The summed E-state index contributed by atoms with van der Waals surface area (Å²) in [4.78, 5) is 12.4. The maximum atomic E-state index is 12.4. The lowest BCUT2D eigenvalue weighted by atomic mass is 10.2. The van der Waals surface area contributed by atoms with Gasteiger partial charge in [-0.05, 0) is 29.8 Å². The largest absolute Gasteiger partial charge is 0.299 e. The zero-order valence-electron chi connectivity index (χ0n) is 15.3. The Hall–Kier alpha value is -2.14. The molecular weight excluding hydrogens is 452 g/mol.